The Morgan fingerprint density at radius 2 is 1.81 bits per heavy atom. The number of aromatic amines is 1. The molecule has 0 aliphatic carbocycles. The molecule has 0 aliphatic rings. The summed E-state index contributed by atoms with van der Waals surface area (Å²) in [5.74, 6) is -0.386. The minimum atomic E-state index is -0.690. The molecule has 0 bridgehead atoms. The number of amides is 2. The molecule has 0 radical (unpaired) electrons. The first kappa shape index (κ1) is 20.3. The molecule has 2 aromatic carbocycles. The molecule has 6 nitrogen and oxygen atoms in total. The Morgan fingerprint density at radius 1 is 1.03 bits per heavy atom. The van der Waals surface area contributed by atoms with E-state index in [1.54, 1.807) is 25.5 Å². The highest BCUT2D eigenvalue weighted by Gasteiger charge is 2.25. The Hall–Kier alpha value is -3.93. The van der Waals surface area contributed by atoms with Crippen LogP contribution in [0.1, 0.15) is 11.1 Å². The number of hydrogen-bond donors (Lipinski definition) is 2. The SMILES string of the molecule is CN(C(=O)[C@H](Cc1ccccc1)NC(=O)Cc1c[nH]c2ccccc12)c1cccnc1. The monoisotopic (exact) mass is 412 g/mol. The van der Waals surface area contributed by atoms with E-state index in [0.29, 0.717) is 12.1 Å². The summed E-state index contributed by atoms with van der Waals surface area (Å²) in [6.45, 7) is 0. The van der Waals surface area contributed by atoms with Crippen LogP contribution in [-0.4, -0.2) is 34.9 Å². The first-order valence-corrected chi connectivity index (χ1v) is 10.2. The van der Waals surface area contributed by atoms with E-state index in [0.717, 1.165) is 22.0 Å². The summed E-state index contributed by atoms with van der Waals surface area (Å²) >= 11 is 0. The van der Waals surface area contributed by atoms with E-state index in [9.17, 15) is 9.59 Å². The highest BCUT2D eigenvalue weighted by Crippen LogP contribution is 2.18. The van der Waals surface area contributed by atoms with Crippen molar-refractivity contribution < 1.29 is 9.59 Å². The average molecular weight is 412 g/mol. The molecule has 31 heavy (non-hydrogen) atoms. The Balaban J connectivity index is 1.53. The van der Waals surface area contributed by atoms with Gasteiger partial charge in [0.1, 0.15) is 6.04 Å². The smallest absolute Gasteiger partial charge is 0.249 e. The molecule has 2 N–H and O–H groups in total. The van der Waals surface area contributed by atoms with Gasteiger partial charge in [0.2, 0.25) is 11.8 Å². The summed E-state index contributed by atoms with van der Waals surface area (Å²) in [7, 11) is 1.70. The zero-order valence-electron chi connectivity index (χ0n) is 17.3. The Kier molecular flexibility index (Phi) is 6.08. The molecule has 0 saturated carbocycles. The quantitative estimate of drug-likeness (QED) is 0.488. The number of fused-ring (bicyclic) bond motifs is 1. The maximum Gasteiger partial charge on any atom is 0.249 e. The number of aromatic nitrogens is 2. The van der Waals surface area contributed by atoms with E-state index in [1.807, 2.05) is 66.9 Å². The topological polar surface area (TPSA) is 78.1 Å². The molecule has 0 unspecified atom stereocenters. The number of nitrogens with zero attached hydrogens (tertiary/aromatic N) is 2. The first-order chi connectivity index (χ1) is 15.1. The Morgan fingerprint density at radius 3 is 2.58 bits per heavy atom. The molecule has 0 spiro atoms. The highest BCUT2D eigenvalue weighted by atomic mass is 16.2. The lowest BCUT2D eigenvalue weighted by molar-refractivity contribution is -0.127. The minimum Gasteiger partial charge on any atom is -0.361 e. The maximum absolute atomic E-state index is 13.3. The van der Waals surface area contributed by atoms with Crippen molar-refractivity contribution in [2.75, 3.05) is 11.9 Å². The van der Waals surface area contributed by atoms with Gasteiger partial charge in [-0.2, -0.15) is 0 Å². The largest absolute Gasteiger partial charge is 0.361 e. The molecule has 6 heteroatoms. The van der Waals surface area contributed by atoms with Crippen molar-refractivity contribution in [2.24, 2.45) is 0 Å². The van der Waals surface area contributed by atoms with Gasteiger partial charge in [-0.05, 0) is 29.3 Å². The zero-order chi connectivity index (χ0) is 21.6. The van der Waals surface area contributed by atoms with E-state index in [1.165, 1.54) is 4.90 Å². The second kappa shape index (κ2) is 9.26. The van der Waals surface area contributed by atoms with Gasteiger partial charge in [-0.15, -0.1) is 0 Å². The van der Waals surface area contributed by atoms with Crippen LogP contribution in [0.5, 0.6) is 0 Å². The normalized spacial score (nSPS) is 11.8. The second-order valence-electron chi connectivity index (χ2n) is 7.45. The molecule has 0 saturated heterocycles. The van der Waals surface area contributed by atoms with E-state index in [2.05, 4.69) is 15.3 Å². The summed E-state index contributed by atoms with van der Waals surface area (Å²) in [5.41, 5.74) is 3.54. The van der Waals surface area contributed by atoms with Crippen LogP contribution >= 0.6 is 0 Å². The first-order valence-electron chi connectivity index (χ1n) is 10.2. The number of likely N-dealkylation sites (N-methyl/N-ethyl adjacent to an activating group) is 1. The number of hydrogen-bond acceptors (Lipinski definition) is 3. The van der Waals surface area contributed by atoms with Gasteiger partial charge in [-0.1, -0.05) is 48.5 Å². The number of rotatable bonds is 7. The highest BCUT2D eigenvalue weighted by molar-refractivity contribution is 5.99. The van der Waals surface area contributed by atoms with Crippen LogP contribution in [0, 0.1) is 0 Å². The number of anilines is 1. The van der Waals surface area contributed by atoms with Crippen molar-refractivity contribution >= 4 is 28.4 Å². The predicted octanol–water partition coefficient (Wildman–Crippen LogP) is 3.50. The summed E-state index contributed by atoms with van der Waals surface area (Å²) < 4.78 is 0. The average Bonchev–Trinajstić information content (AvgIpc) is 3.21. The lowest BCUT2D eigenvalue weighted by atomic mass is 10.0. The van der Waals surface area contributed by atoms with Gasteiger partial charge in [0.25, 0.3) is 0 Å². The van der Waals surface area contributed by atoms with Crippen LogP contribution in [0.25, 0.3) is 10.9 Å². The van der Waals surface area contributed by atoms with E-state index in [4.69, 9.17) is 0 Å². The van der Waals surface area contributed by atoms with Gasteiger partial charge in [0, 0.05) is 36.8 Å². The van der Waals surface area contributed by atoms with E-state index < -0.39 is 6.04 Å². The van der Waals surface area contributed by atoms with Crippen LogP contribution in [0.3, 0.4) is 0 Å². The van der Waals surface area contributed by atoms with Crippen molar-refractivity contribution in [2.45, 2.75) is 18.9 Å². The fourth-order valence-corrected chi connectivity index (χ4v) is 3.66. The third-order valence-corrected chi connectivity index (χ3v) is 5.31. The van der Waals surface area contributed by atoms with Gasteiger partial charge < -0.3 is 15.2 Å². The third-order valence-electron chi connectivity index (χ3n) is 5.31. The van der Waals surface area contributed by atoms with Gasteiger partial charge in [-0.3, -0.25) is 14.6 Å². The van der Waals surface area contributed by atoms with Gasteiger partial charge in [-0.25, -0.2) is 0 Å². The van der Waals surface area contributed by atoms with Crippen molar-refractivity contribution in [1.82, 2.24) is 15.3 Å². The van der Waals surface area contributed by atoms with Gasteiger partial charge in [0.05, 0.1) is 18.3 Å². The Bertz CT molecular complexity index is 1170. The Labute approximate surface area is 180 Å². The molecule has 0 fully saturated rings. The number of para-hydroxylation sites is 1. The number of nitrogens with one attached hydrogen (secondary N) is 2. The van der Waals surface area contributed by atoms with Crippen LogP contribution in [-0.2, 0) is 22.4 Å². The molecule has 2 amide bonds. The van der Waals surface area contributed by atoms with Crippen molar-refractivity contribution in [1.29, 1.82) is 0 Å². The zero-order valence-corrected chi connectivity index (χ0v) is 17.3. The number of carbonyl (C=O) groups is 2. The lowest BCUT2D eigenvalue weighted by Crippen LogP contribution is -2.49. The number of carbonyl (C=O) groups excluding carboxylic acids is 2. The molecule has 4 rings (SSSR count). The molecule has 2 heterocycles. The van der Waals surface area contributed by atoms with Crippen molar-refractivity contribution in [3.63, 3.8) is 0 Å². The molecule has 0 aliphatic heterocycles. The maximum atomic E-state index is 13.3. The van der Waals surface area contributed by atoms with Crippen LogP contribution in [0.15, 0.2) is 85.3 Å². The van der Waals surface area contributed by atoms with Gasteiger partial charge in [0.15, 0.2) is 0 Å². The van der Waals surface area contributed by atoms with Crippen LogP contribution < -0.4 is 10.2 Å². The lowest BCUT2D eigenvalue weighted by Gasteiger charge is -2.24. The molecule has 1 atom stereocenters. The summed E-state index contributed by atoms with van der Waals surface area (Å²) in [6, 6.07) is 20.4. The molecular formula is C25H24N4O2. The van der Waals surface area contributed by atoms with Crippen LogP contribution in [0.4, 0.5) is 5.69 Å². The predicted molar refractivity (Wildman–Crippen MR) is 122 cm³/mol. The summed E-state index contributed by atoms with van der Waals surface area (Å²) in [4.78, 5) is 35.0. The molecule has 4 aromatic rings. The van der Waals surface area contributed by atoms with Crippen molar-refractivity contribution in [3.05, 3.63) is 96.4 Å². The summed E-state index contributed by atoms with van der Waals surface area (Å²) in [5, 5.41) is 3.96. The van der Waals surface area contributed by atoms with E-state index in [-0.39, 0.29) is 18.2 Å². The fraction of sp³-hybridized carbons (Fsp3) is 0.160. The summed E-state index contributed by atoms with van der Waals surface area (Å²) in [6.07, 6.45) is 5.74. The molecule has 2 aromatic heterocycles. The molecule has 156 valence electrons. The minimum absolute atomic E-state index is 0.191. The molecular weight excluding hydrogens is 388 g/mol. The fourth-order valence-electron chi connectivity index (χ4n) is 3.66. The van der Waals surface area contributed by atoms with E-state index >= 15 is 0 Å². The second-order valence-corrected chi connectivity index (χ2v) is 7.45. The number of pyridine rings is 1. The number of H-pyrrole nitrogens is 1. The number of benzene rings is 2. The standard InChI is InChI=1S/C25H24N4O2/c1-29(20-10-7-13-26-17-20)25(31)23(14-18-8-3-2-4-9-18)28-24(30)15-19-16-27-22-12-6-5-11-21(19)22/h2-13,16-17,23,27H,14-15H2,1H3,(H,28,30)/t23-/m0/s1. The van der Waals surface area contributed by atoms with Crippen molar-refractivity contribution in [3.8, 4) is 0 Å². The van der Waals surface area contributed by atoms with Crippen LogP contribution in [0.2, 0.25) is 0 Å². The third kappa shape index (κ3) is 4.80. The van der Waals surface area contributed by atoms with Gasteiger partial charge >= 0.3 is 0 Å².